The Labute approximate surface area is 127 Å². The van der Waals surface area contributed by atoms with Crippen molar-refractivity contribution in [1.29, 1.82) is 0 Å². The number of aromatic carboxylic acids is 1. The van der Waals surface area contributed by atoms with Crippen molar-refractivity contribution in [3.05, 3.63) is 29.6 Å². The lowest BCUT2D eigenvalue weighted by Gasteiger charge is -2.34. The van der Waals surface area contributed by atoms with Gasteiger partial charge in [-0.25, -0.2) is 14.6 Å². The smallest absolute Gasteiger partial charge is 0.354 e. The van der Waals surface area contributed by atoms with Crippen LogP contribution in [-0.4, -0.2) is 70.5 Å². The van der Waals surface area contributed by atoms with Crippen molar-refractivity contribution >= 4 is 17.9 Å². The van der Waals surface area contributed by atoms with E-state index >= 15 is 0 Å². The first kappa shape index (κ1) is 15.7. The number of nitrogens with one attached hydrogen (secondary N) is 1. The van der Waals surface area contributed by atoms with Gasteiger partial charge >= 0.3 is 12.0 Å². The molecular formula is C14H18N4O4. The summed E-state index contributed by atoms with van der Waals surface area (Å²) in [6.45, 7) is 4.15. The Kier molecular flexibility index (Phi) is 4.92. The molecule has 0 aromatic carbocycles. The first-order valence-corrected chi connectivity index (χ1v) is 7.04. The number of carboxylic acid groups (broad SMARTS) is 1. The fourth-order valence-corrected chi connectivity index (χ4v) is 2.24. The standard InChI is InChI=1S/C14H18N4O4/c1-2-15-14(22)18-7-5-17(6-8-18)12(19)10-3-4-16-11(9-10)13(20)21/h3-4,9H,2,5-8H2,1H3,(H,15,22)(H,20,21). The first-order chi connectivity index (χ1) is 10.5. The molecule has 1 aliphatic rings. The van der Waals surface area contributed by atoms with Crippen molar-refractivity contribution in [3.8, 4) is 0 Å². The van der Waals surface area contributed by atoms with E-state index in [1.807, 2.05) is 6.92 Å². The lowest BCUT2D eigenvalue weighted by Crippen LogP contribution is -2.53. The number of rotatable bonds is 3. The molecule has 22 heavy (non-hydrogen) atoms. The van der Waals surface area contributed by atoms with E-state index in [1.165, 1.54) is 18.3 Å². The van der Waals surface area contributed by atoms with Gasteiger partial charge in [-0.3, -0.25) is 4.79 Å². The SMILES string of the molecule is CCNC(=O)N1CCN(C(=O)c2ccnc(C(=O)O)c2)CC1. The summed E-state index contributed by atoms with van der Waals surface area (Å²) < 4.78 is 0. The van der Waals surface area contributed by atoms with E-state index < -0.39 is 5.97 Å². The lowest BCUT2D eigenvalue weighted by atomic mass is 10.2. The van der Waals surface area contributed by atoms with E-state index in [-0.39, 0.29) is 17.6 Å². The van der Waals surface area contributed by atoms with Crippen LogP contribution in [0.2, 0.25) is 0 Å². The number of nitrogens with zero attached hydrogens (tertiary/aromatic N) is 3. The average Bonchev–Trinajstić information content (AvgIpc) is 2.54. The number of piperazine rings is 1. The van der Waals surface area contributed by atoms with Gasteiger partial charge in [-0.1, -0.05) is 0 Å². The molecule has 1 saturated heterocycles. The van der Waals surface area contributed by atoms with Crippen molar-refractivity contribution in [3.63, 3.8) is 0 Å². The zero-order valence-corrected chi connectivity index (χ0v) is 12.3. The monoisotopic (exact) mass is 306 g/mol. The molecule has 1 aromatic heterocycles. The molecule has 2 rings (SSSR count). The van der Waals surface area contributed by atoms with Crippen molar-refractivity contribution < 1.29 is 19.5 Å². The minimum atomic E-state index is -1.17. The third kappa shape index (κ3) is 3.51. The molecule has 2 heterocycles. The van der Waals surface area contributed by atoms with Gasteiger partial charge in [0.05, 0.1) is 0 Å². The Morgan fingerprint density at radius 1 is 1.23 bits per heavy atom. The number of carbonyl (C=O) groups excluding carboxylic acids is 2. The van der Waals surface area contributed by atoms with Crippen molar-refractivity contribution in [1.82, 2.24) is 20.1 Å². The fourth-order valence-electron chi connectivity index (χ4n) is 2.24. The molecule has 0 aliphatic carbocycles. The van der Waals surface area contributed by atoms with Crippen molar-refractivity contribution in [2.75, 3.05) is 32.7 Å². The summed E-state index contributed by atoms with van der Waals surface area (Å²) in [7, 11) is 0. The minimum Gasteiger partial charge on any atom is -0.477 e. The summed E-state index contributed by atoms with van der Waals surface area (Å²) in [5, 5.41) is 11.6. The van der Waals surface area contributed by atoms with Gasteiger partial charge in [-0.15, -0.1) is 0 Å². The maximum atomic E-state index is 12.4. The highest BCUT2D eigenvalue weighted by atomic mass is 16.4. The normalized spacial score (nSPS) is 14.6. The second-order valence-electron chi connectivity index (χ2n) is 4.85. The fraction of sp³-hybridized carbons (Fsp3) is 0.429. The predicted molar refractivity (Wildman–Crippen MR) is 77.7 cm³/mol. The molecule has 2 N–H and O–H groups in total. The highest BCUT2D eigenvalue weighted by Gasteiger charge is 2.25. The molecule has 1 aliphatic heterocycles. The van der Waals surface area contributed by atoms with Crippen LogP contribution in [-0.2, 0) is 0 Å². The van der Waals surface area contributed by atoms with E-state index in [4.69, 9.17) is 5.11 Å². The van der Waals surface area contributed by atoms with Gasteiger partial charge in [-0.2, -0.15) is 0 Å². The molecule has 3 amide bonds. The molecule has 0 radical (unpaired) electrons. The lowest BCUT2D eigenvalue weighted by molar-refractivity contribution is 0.0665. The summed E-state index contributed by atoms with van der Waals surface area (Å²) in [6.07, 6.45) is 1.31. The van der Waals surface area contributed by atoms with Gasteiger partial charge in [0.2, 0.25) is 0 Å². The molecule has 0 bridgehead atoms. The Balaban J connectivity index is 1.99. The molecule has 0 unspecified atom stereocenters. The molecule has 0 atom stereocenters. The number of amides is 3. The van der Waals surface area contributed by atoms with Gasteiger partial charge in [0.15, 0.2) is 0 Å². The van der Waals surface area contributed by atoms with E-state index in [0.717, 1.165) is 0 Å². The average molecular weight is 306 g/mol. The van der Waals surface area contributed by atoms with Crippen LogP contribution < -0.4 is 5.32 Å². The highest BCUT2D eigenvalue weighted by Crippen LogP contribution is 2.10. The van der Waals surface area contributed by atoms with Gasteiger partial charge in [0, 0.05) is 44.5 Å². The van der Waals surface area contributed by atoms with Crippen LogP contribution in [0.1, 0.15) is 27.8 Å². The van der Waals surface area contributed by atoms with E-state index in [2.05, 4.69) is 10.3 Å². The van der Waals surface area contributed by atoms with Crippen LogP contribution in [0.15, 0.2) is 18.3 Å². The Morgan fingerprint density at radius 2 is 1.86 bits per heavy atom. The van der Waals surface area contributed by atoms with Crippen LogP contribution in [0.5, 0.6) is 0 Å². The zero-order chi connectivity index (χ0) is 16.1. The molecule has 1 fully saturated rings. The molecule has 0 spiro atoms. The molecule has 8 heteroatoms. The topological polar surface area (TPSA) is 103 Å². The van der Waals surface area contributed by atoms with Crippen LogP contribution >= 0.6 is 0 Å². The van der Waals surface area contributed by atoms with Crippen LogP contribution in [0.4, 0.5) is 4.79 Å². The van der Waals surface area contributed by atoms with E-state index in [1.54, 1.807) is 9.80 Å². The molecule has 8 nitrogen and oxygen atoms in total. The molecule has 1 aromatic rings. The summed E-state index contributed by atoms with van der Waals surface area (Å²) in [4.78, 5) is 41.9. The largest absolute Gasteiger partial charge is 0.477 e. The van der Waals surface area contributed by atoms with Gasteiger partial charge in [0.1, 0.15) is 5.69 Å². The number of carboxylic acids is 1. The summed E-state index contributed by atoms with van der Waals surface area (Å²) in [6, 6.07) is 2.62. The van der Waals surface area contributed by atoms with Crippen molar-refractivity contribution in [2.45, 2.75) is 6.92 Å². The molecular weight excluding hydrogens is 288 g/mol. The van der Waals surface area contributed by atoms with E-state index in [9.17, 15) is 14.4 Å². The second-order valence-corrected chi connectivity index (χ2v) is 4.85. The van der Waals surface area contributed by atoms with Gasteiger partial charge < -0.3 is 20.2 Å². The summed E-state index contributed by atoms with van der Waals surface area (Å²) in [5.41, 5.74) is 0.130. The maximum Gasteiger partial charge on any atom is 0.354 e. The number of hydrogen-bond donors (Lipinski definition) is 2. The first-order valence-electron chi connectivity index (χ1n) is 7.04. The highest BCUT2D eigenvalue weighted by molar-refractivity contribution is 5.96. The number of urea groups is 1. The quantitative estimate of drug-likeness (QED) is 0.834. The third-order valence-electron chi connectivity index (χ3n) is 3.41. The minimum absolute atomic E-state index is 0.133. The predicted octanol–water partition coefficient (Wildman–Crippen LogP) is 0.267. The summed E-state index contributed by atoms with van der Waals surface area (Å²) in [5.74, 6) is -1.42. The number of hydrogen-bond acceptors (Lipinski definition) is 4. The van der Waals surface area contributed by atoms with Crippen LogP contribution in [0, 0.1) is 0 Å². The van der Waals surface area contributed by atoms with E-state index in [0.29, 0.717) is 38.3 Å². The second kappa shape index (κ2) is 6.88. The van der Waals surface area contributed by atoms with Gasteiger partial charge in [0.25, 0.3) is 5.91 Å². The van der Waals surface area contributed by atoms with Crippen LogP contribution in [0.3, 0.4) is 0 Å². The third-order valence-corrected chi connectivity index (χ3v) is 3.41. The summed E-state index contributed by atoms with van der Waals surface area (Å²) >= 11 is 0. The van der Waals surface area contributed by atoms with Crippen LogP contribution in [0.25, 0.3) is 0 Å². The van der Waals surface area contributed by atoms with Crippen molar-refractivity contribution in [2.24, 2.45) is 0 Å². The molecule has 118 valence electrons. The number of carbonyl (C=O) groups is 3. The number of pyridine rings is 1. The Hall–Kier alpha value is -2.64. The Bertz CT molecular complexity index is 582. The Morgan fingerprint density at radius 3 is 2.45 bits per heavy atom. The zero-order valence-electron chi connectivity index (χ0n) is 12.3. The van der Waals surface area contributed by atoms with Gasteiger partial charge in [-0.05, 0) is 19.1 Å². The maximum absolute atomic E-state index is 12.4. The number of aromatic nitrogens is 1. The molecule has 0 saturated carbocycles.